The number of hydrogen-bond acceptors (Lipinski definition) is 5. The summed E-state index contributed by atoms with van der Waals surface area (Å²) in [6.07, 6.45) is 10.3. The molecule has 3 aromatic rings. The minimum atomic E-state index is -0.478. The maximum absolute atomic E-state index is 13.3. The summed E-state index contributed by atoms with van der Waals surface area (Å²) in [7, 11) is 0. The first-order valence-corrected chi connectivity index (χ1v) is 11.7. The zero-order valence-corrected chi connectivity index (χ0v) is 18.2. The zero-order chi connectivity index (χ0) is 21.9. The Morgan fingerprint density at radius 3 is 2.72 bits per heavy atom. The quantitative estimate of drug-likeness (QED) is 0.492. The summed E-state index contributed by atoms with van der Waals surface area (Å²) in [5.74, 6) is 1.36. The van der Waals surface area contributed by atoms with Gasteiger partial charge in [0.25, 0.3) is 5.91 Å². The van der Waals surface area contributed by atoms with E-state index in [1.54, 1.807) is 12.4 Å². The van der Waals surface area contributed by atoms with Crippen molar-refractivity contribution < 1.29 is 9.90 Å². The molecular formula is C25H29N5O2. The van der Waals surface area contributed by atoms with Crippen LogP contribution in [0.25, 0.3) is 11.0 Å². The monoisotopic (exact) mass is 431 g/mol. The van der Waals surface area contributed by atoms with E-state index in [2.05, 4.69) is 25.6 Å². The van der Waals surface area contributed by atoms with Crippen LogP contribution in [0.1, 0.15) is 61.1 Å². The molecule has 7 heteroatoms. The number of nitrogens with one attached hydrogen (secondary N) is 3. The van der Waals surface area contributed by atoms with E-state index in [4.69, 9.17) is 0 Å². The van der Waals surface area contributed by atoms with Gasteiger partial charge in [-0.1, -0.05) is 6.07 Å². The lowest BCUT2D eigenvalue weighted by Crippen LogP contribution is -2.59. The SMILES string of the molecule is CC(NC(=O)c1cnc2[nH]ccc2c1NC1C2CC3CC1CC(O)(C3)C2)c1ccccn1. The molecule has 0 radical (unpaired) electrons. The molecule has 0 spiro atoms. The summed E-state index contributed by atoms with van der Waals surface area (Å²) < 4.78 is 0. The van der Waals surface area contributed by atoms with E-state index in [1.165, 1.54) is 0 Å². The van der Waals surface area contributed by atoms with Crippen LogP contribution in [0.15, 0.2) is 42.9 Å². The highest BCUT2D eigenvalue weighted by molar-refractivity contribution is 6.06. The number of H-pyrrole nitrogens is 1. The molecule has 4 bridgehead atoms. The molecule has 0 aliphatic heterocycles. The van der Waals surface area contributed by atoms with Crippen LogP contribution in [0.5, 0.6) is 0 Å². The summed E-state index contributed by atoms with van der Waals surface area (Å²) >= 11 is 0. The molecule has 7 nitrogen and oxygen atoms in total. The number of fused-ring (bicyclic) bond motifs is 1. The number of carbonyl (C=O) groups excluding carboxylic acids is 1. The van der Waals surface area contributed by atoms with E-state index in [-0.39, 0.29) is 18.0 Å². The number of aliphatic hydroxyl groups is 1. The topological polar surface area (TPSA) is 103 Å². The van der Waals surface area contributed by atoms with E-state index in [1.807, 2.05) is 37.4 Å². The summed E-state index contributed by atoms with van der Waals surface area (Å²) in [6.45, 7) is 1.94. The highest BCUT2D eigenvalue weighted by atomic mass is 16.3. The number of aromatic nitrogens is 3. The lowest BCUT2D eigenvalue weighted by molar-refractivity contribution is -0.129. The van der Waals surface area contributed by atoms with Gasteiger partial charge in [0.15, 0.2) is 0 Å². The number of nitrogens with zero attached hydrogens (tertiary/aromatic N) is 2. The molecule has 3 atom stereocenters. The first-order chi connectivity index (χ1) is 15.5. The van der Waals surface area contributed by atoms with Crippen molar-refractivity contribution in [2.24, 2.45) is 17.8 Å². The van der Waals surface area contributed by atoms with Crippen molar-refractivity contribution in [3.05, 3.63) is 54.1 Å². The molecule has 1 amide bonds. The number of rotatable bonds is 5. The van der Waals surface area contributed by atoms with Crippen LogP contribution in [-0.2, 0) is 0 Å². The van der Waals surface area contributed by atoms with Crippen molar-refractivity contribution in [3.8, 4) is 0 Å². The molecule has 4 fully saturated rings. The third-order valence-corrected chi connectivity index (χ3v) is 7.86. The van der Waals surface area contributed by atoms with E-state index >= 15 is 0 Å². The average molecular weight is 432 g/mol. The van der Waals surface area contributed by atoms with Gasteiger partial charge in [-0.05, 0) is 75.0 Å². The van der Waals surface area contributed by atoms with Gasteiger partial charge in [-0.15, -0.1) is 0 Å². The molecular weight excluding hydrogens is 402 g/mol. The van der Waals surface area contributed by atoms with E-state index in [9.17, 15) is 9.90 Å². The molecule has 4 saturated carbocycles. The summed E-state index contributed by atoms with van der Waals surface area (Å²) in [6, 6.07) is 7.74. The maximum Gasteiger partial charge on any atom is 0.255 e. The van der Waals surface area contributed by atoms with Crippen molar-refractivity contribution in [1.29, 1.82) is 0 Å². The first-order valence-electron chi connectivity index (χ1n) is 11.7. The maximum atomic E-state index is 13.3. The van der Waals surface area contributed by atoms with Gasteiger partial charge >= 0.3 is 0 Å². The van der Waals surface area contributed by atoms with Gasteiger partial charge in [0.2, 0.25) is 0 Å². The molecule has 166 valence electrons. The molecule has 4 N–H and O–H groups in total. The molecule has 0 saturated heterocycles. The highest BCUT2D eigenvalue weighted by Crippen LogP contribution is 2.56. The van der Waals surface area contributed by atoms with Gasteiger partial charge in [0.1, 0.15) is 5.65 Å². The van der Waals surface area contributed by atoms with Crippen molar-refractivity contribution in [3.63, 3.8) is 0 Å². The van der Waals surface area contributed by atoms with Crippen molar-refractivity contribution in [2.45, 2.75) is 56.7 Å². The lowest BCUT2D eigenvalue weighted by Gasteiger charge is -2.58. The van der Waals surface area contributed by atoms with Crippen molar-refractivity contribution >= 4 is 22.6 Å². The fraction of sp³-hybridized carbons (Fsp3) is 0.480. The molecule has 4 aliphatic rings. The second-order valence-corrected chi connectivity index (χ2v) is 10.1. The minimum absolute atomic E-state index is 0.163. The summed E-state index contributed by atoms with van der Waals surface area (Å²) in [5.41, 5.74) is 2.50. The van der Waals surface area contributed by atoms with Crippen LogP contribution in [0, 0.1) is 17.8 Å². The number of hydrogen-bond donors (Lipinski definition) is 4. The minimum Gasteiger partial charge on any atom is -0.390 e. The Bertz CT molecular complexity index is 1140. The van der Waals surface area contributed by atoms with Crippen LogP contribution in [0.4, 0.5) is 5.69 Å². The number of aromatic amines is 1. The summed E-state index contributed by atoms with van der Waals surface area (Å²) in [5, 5.41) is 18.8. The second kappa shape index (κ2) is 7.30. The third-order valence-electron chi connectivity index (χ3n) is 7.86. The fourth-order valence-corrected chi connectivity index (χ4v) is 6.70. The normalized spacial score (nSPS) is 31.6. The Hall–Kier alpha value is -2.93. The Morgan fingerprint density at radius 1 is 1.19 bits per heavy atom. The van der Waals surface area contributed by atoms with Crippen molar-refractivity contribution in [2.75, 3.05) is 5.32 Å². The molecule has 0 aromatic carbocycles. The zero-order valence-electron chi connectivity index (χ0n) is 18.2. The Morgan fingerprint density at radius 2 is 2.00 bits per heavy atom. The van der Waals surface area contributed by atoms with Gasteiger partial charge < -0.3 is 20.7 Å². The molecule has 3 heterocycles. The number of carbonyl (C=O) groups is 1. The average Bonchev–Trinajstić information content (AvgIpc) is 3.25. The van der Waals surface area contributed by atoms with Crippen LogP contribution in [0.3, 0.4) is 0 Å². The smallest absolute Gasteiger partial charge is 0.255 e. The van der Waals surface area contributed by atoms with Gasteiger partial charge in [-0.2, -0.15) is 0 Å². The van der Waals surface area contributed by atoms with Gasteiger partial charge in [-0.3, -0.25) is 9.78 Å². The molecule has 3 unspecified atom stereocenters. The summed E-state index contributed by atoms with van der Waals surface area (Å²) in [4.78, 5) is 25.4. The second-order valence-electron chi connectivity index (χ2n) is 10.1. The molecule has 3 aromatic heterocycles. The van der Waals surface area contributed by atoms with Crippen LogP contribution >= 0.6 is 0 Å². The Balaban J connectivity index is 1.31. The predicted molar refractivity (Wildman–Crippen MR) is 122 cm³/mol. The third kappa shape index (κ3) is 3.26. The van der Waals surface area contributed by atoms with Crippen LogP contribution in [-0.4, -0.2) is 37.6 Å². The lowest BCUT2D eigenvalue weighted by atomic mass is 9.52. The molecule has 32 heavy (non-hydrogen) atoms. The van der Waals surface area contributed by atoms with Gasteiger partial charge in [0.05, 0.1) is 28.6 Å². The van der Waals surface area contributed by atoms with Gasteiger partial charge in [-0.25, -0.2) is 4.98 Å². The standard InChI is InChI=1S/C25H29N5O2/c1-14(20-4-2-3-6-26-20)29-24(31)19-13-28-23-18(5-7-27-23)22(19)30-21-16-8-15-9-17(21)12-25(32,10-15)11-16/h2-7,13-17,21,32H,8-12H2,1H3,(H,29,31)(H2,27,28,30). The van der Waals surface area contributed by atoms with Gasteiger partial charge in [0, 0.05) is 30.0 Å². The Kier molecular flexibility index (Phi) is 4.50. The van der Waals surface area contributed by atoms with E-state index < -0.39 is 5.60 Å². The molecule has 4 aliphatic carbocycles. The predicted octanol–water partition coefficient (Wildman–Crippen LogP) is 3.80. The van der Waals surface area contributed by atoms with Crippen LogP contribution in [0.2, 0.25) is 0 Å². The number of pyridine rings is 2. The van der Waals surface area contributed by atoms with Crippen LogP contribution < -0.4 is 10.6 Å². The first kappa shape index (κ1) is 19.7. The van der Waals surface area contributed by atoms with Crippen molar-refractivity contribution in [1.82, 2.24) is 20.3 Å². The molecule has 7 rings (SSSR count). The van der Waals surface area contributed by atoms with E-state index in [0.29, 0.717) is 23.3 Å². The largest absolute Gasteiger partial charge is 0.390 e. The van der Waals surface area contributed by atoms with E-state index in [0.717, 1.165) is 54.5 Å². The fourth-order valence-electron chi connectivity index (χ4n) is 6.70. The Labute approximate surface area is 187 Å². The number of anilines is 1. The highest BCUT2D eigenvalue weighted by Gasteiger charge is 2.54. The number of amides is 1.